The fraction of sp³-hybridized carbons (Fsp3) is 0.265. The summed E-state index contributed by atoms with van der Waals surface area (Å²) in [6.07, 6.45) is 1.74. The number of nitro benzene ring substituents is 1. The Morgan fingerprint density at radius 2 is 1.77 bits per heavy atom. The monoisotopic (exact) mass is 720 g/mol. The highest BCUT2D eigenvalue weighted by Gasteiger charge is 2.36. The molecule has 5 rings (SSSR count). The summed E-state index contributed by atoms with van der Waals surface area (Å²) < 4.78 is 20.1. The van der Waals surface area contributed by atoms with Crippen molar-refractivity contribution < 1.29 is 23.9 Å². The fourth-order valence-electron chi connectivity index (χ4n) is 5.40. The zero-order chi connectivity index (χ0) is 33.8. The third-order valence-electron chi connectivity index (χ3n) is 7.83. The highest BCUT2D eigenvalue weighted by Crippen LogP contribution is 2.38. The van der Waals surface area contributed by atoms with Crippen molar-refractivity contribution in [3.8, 4) is 17.2 Å². The van der Waals surface area contributed by atoms with E-state index < -0.39 is 11.0 Å². The summed E-state index contributed by atoms with van der Waals surface area (Å²) in [7, 11) is 3.10. The van der Waals surface area contributed by atoms with E-state index in [4.69, 9.17) is 19.2 Å². The molecular formula is C34H33BrN4O7S. The van der Waals surface area contributed by atoms with Gasteiger partial charge in [0.05, 0.1) is 34.9 Å². The fourth-order valence-corrected chi connectivity index (χ4v) is 6.82. The van der Waals surface area contributed by atoms with Crippen molar-refractivity contribution in [2.45, 2.75) is 33.4 Å². The van der Waals surface area contributed by atoms with Crippen molar-refractivity contribution in [1.29, 1.82) is 0 Å². The van der Waals surface area contributed by atoms with Gasteiger partial charge in [-0.2, -0.15) is 0 Å². The minimum Gasteiger partial charge on any atom is -0.497 e. The average molecular weight is 722 g/mol. The molecule has 1 atom stereocenters. The van der Waals surface area contributed by atoms with Crippen LogP contribution >= 0.6 is 27.3 Å². The number of carbonyl (C=O) groups excluding carboxylic acids is 1. The molecule has 13 heteroatoms. The zero-order valence-electron chi connectivity index (χ0n) is 26.5. The molecule has 0 N–H and O–H groups in total. The molecule has 1 aromatic heterocycles. The number of ether oxygens (including phenoxy) is 3. The number of rotatable bonds is 11. The summed E-state index contributed by atoms with van der Waals surface area (Å²) in [5.41, 5.74) is 2.54. The van der Waals surface area contributed by atoms with Gasteiger partial charge in [0.1, 0.15) is 29.9 Å². The maximum absolute atomic E-state index is 14.4. The Morgan fingerprint density at radius 1 is 1.06 bits per heavy atom. The third kappa shape index (κ3) is 6.86. The molecule has 1 aliphatic rings. The van der Waals surface area contributed by atoms with Crippen LogP contribution in [0, 0.1) is 10.1 Å². The minimum atomic E-state index is -0.827. The quantitative estimate of drug-likeness (QED) is 0.151. The lowest BCUT2D eigenvalue weighted by atomic mass is 9.93. The summed E-state index contributed by atoms with van der Waals surface area (Å²) >= 11 is 4.73. The molecule has 2 heterocycles. The number of likely N-dealkylation sites (N-methyl/N-ethyl adjacent to an activating group) is 1. The minimum absolute atomic E-state index is 0.00415. The van der Waals surface area contributed by atoms with Gasteiger partial charge in [0.2, 0.25) is 0 Å². The number of benzene rings is 3. The molecule has 0 saturated heterocycles. The van der Waals surface area contributed by atoms with E-state index in [1.54, 1.807) is 73.1 Å². The van der Waals surface area contributed by atoms with Gasteiger partial charge in [-0.15, -0.1) is 0 Å². The molecule has 244 valence electrons. The zero-order valence-corrected chi connectivity index (χ0v) is 28.9. The van der Waals surface area contributed by atoms with E-state index in [9.17, 15) is 19.7 Å². The highest BCUT2D eigenvalue weighted by molar-refractivity contribution is 9.10. The lowest BCUT2D eigenvalue weighted by molar-refractivity contribution is -0.384. The molecule has 0 spiro atoms. The topological polar surface area (TPSA) is 126 Å². The van der Waals surface area contributed by atoms with Crippen LogP contribution in [-0.4, -0.2) is 47.6 Å². The Bertz CT molecular complexity index is 2050. The van der Waals surface area contributed by atoms with Crippen LogP contribution in [0.4, 0.5) is 5.69 Å². The summed E-state index contributed by atoms with van der Waals surface area (Å²) in [6.45, 7) is 6.74. The van der Waals surface area contributed by atoms with Gasteiger partial charge < -0.3 is 19.1 Å². The predicted octanol–water partition coefficient (Wildman–Crippen LogP) is 5.37. The number of methoxy groups -OCH3 is 2. The molecule has 0 unspecified atom stereocenters. The summed E-state index contributed by atoms with van der Waals surface area (Å²) in [4.78, 5) is 45.9. The van der Waals surface area contributed by atoms with E-state index in [0.29, 0.717) is 62.1 Å². The number of allylic oxidation sites excluding steroid dienone is 1. The molecule has 0 radical (unpaired) electrons. The number of hydrogen-bond acceptors (Lipinski definition) is 9. The first kappa shape index (κ1) is 33.6. The van der Waals surface area contributed by atoms with Gasteiger partial charge >= 0.3 is 0 Å². The molecule has 1 amide bonds. The van der Waals surface area contributed by atoms with Gasteiger partial charge in [-0.05, 0) is 80.9 Å². The Kier molecular flexibility index (Phi) is 10.3. The molecule has 11 nitrogen and oxygen atoms in total. The Morgan fingerprint density at radius 3 is 2.40 bits per heavy atom. The maximum atomic E-state index is 14.4. The molecule has 0 fully saturated rings. The molecule has 4 aromatic rings. The van der Waals surface area contributed by atoms with Crippen LogP contribution in [0.1, 0.15) is 43.5 Å². The van der Waals surface area contributed by atoms with E-state index in [-0.39, 0.29) is 23.8 Å². The van der Waals surface area contributed by atoms with E-state index in [1.807, 2.05) is 26.0 Å². The number of fused-ring (bicyclic) bond motifs is 1. The van der Waals surface area contributed by atoms with Gasteiger partial charge in [0.25, 0.3) is 17.2 Å². The van der Waals surface area contributed by atoms with Gasteiger partial charge in [-0.25, -0.2) is 4.99 Å². The normalized spacial score (nSPS) is 14.3. The van der Waals surface area contributed by atoms with Crippen LogP contribution in [0.3, 0.4) is 0 Å². The second-order valence-corrected chi connectivity index (χ2v) is 12.5. The second-order valence-electron chi connectivity index (χ2n) is 10.6. The SMILES string of the molecule is CCN(CC)C(=O)C1=C(C)N=c2s/c(=C/c3cc(Br)ccc3OCc3ccc([N+](=O)[O-])cc3)c(=O)n2[C@H]1c1cc(OC)ccc1OC. The number of nitro groups is 1. The van der Waals surface area contributed by atoms with Gasteiger partial charge in [0.15, 0.2) is 4.80 Å². The first-order valence-electron chi connectivity index (χ1n) is 14.8. The summed E-state index contributed by atoms with van der Waals surface area (Å²) in [6, 6.07) is 16.1. The van der Waals surface area contributed by atoms with Gasteiger partial charge in [0, 0.05) is 40.8 Å². The molecule has 1 aliphatic heterocycles. The first-order chi connectivity index (χ1) is 22.6. The smallest absolute Gasteiger partial charge is 0.271 e. The van der Waals surface area contributed by atoms with Crippen LogP contribution in [0.2, 0.25) is 0 Å². The molecule has 3 aromatic carbocycles. The van der Waals surface area contributed by atoms with Crippen LogP contribution in [0.15, 0.2) is 86.2 Å². The number of halogens is 1. The molecular weight excluding hydrogens is 688 g/mol. The second kappa shape index (κ2) is 14.3. The number of hydrogen-bond donors (Lipinski definition) is 0. The van der Waals surface area contributed by atoms with Crippen LogP contribution in [-0.2, 0) is 11.4 Å². The van der Waals surface area contributed by atoms with E-state index >= 15 is 0 Å². The van der Waals surface area contributed by atoms with Crippen molar-refractivity contribution in [1.82, 2.24) is 9.47 Å². The molecule has 0 bridgehead atoms. The lowest BCUT2D eigenvalue weighted by Gasteiger charge is -2.30. The standard InChI is InChI=1S/C34H33BrN4O7S/c1-6-37(7-2)33(41)30-20(3)36-34-38(31(30)26-18-25(44-4)13-15-28(26)45-5)32(40)29(47-34)17-22-16-23(35)10-14-27(22)46-19-21-8-11-24(12-9-21)39(42)43/h8-18,31H,6-7,19H2,1-5H3/b29-17+/t31-/m0/s1. The van der Waals surface area contributed by atoms with Gasteiger partial charge in [-0.1, -0.05) is 27.3 Å². The maximum Gasteiger partial charge on any atom is 0.271 e. The van der Waals surface area contributed by atoms with Gasteiger partial charge in [-0.3, -0.25) is 24.3 Å². The Balaban J connectivity index is 1.65. The number of carbonyl (C=O) groups is 1. The lowest BCUT2D eigenvalue weighted by Crippen LogP contribution is -2.43. The average Bonchev–Trinajstić information content (AvgIpc) is 3.37. The Hall–Kier alpha value is -4.75. The predicted molar refractivity (Wildman–Crippen MR) is 183 cm³/mol. The highest BCUT2D eigenvalue weighted by atomic mass is 79.9. The van der Waals surface area contributed by atoms with E-state index in [2.05, 4.69) is 15.9 Å². The van der Waals surface area contributed by atoms with Crippen molar-refractivity contribution in [2.24, 2.45) is 4.99 Å². The molecule has 47 heavy (non-hydrogen) atoms. The molecule has 0 saturated carbocycles. The number of non-ortho nitro benzene ring substituents is 1. The number of nitrogens with zero attached hydrogens (tertiary/aromatic N) is 4. The summed E-state index contributed by atoms with van der Waals surface area (Å²) in [5, 5.41) is 11.0. The van der Waals surface area contributed by atoms with Crippen molar-refractivity contribution in [3.63, 3.8) is 0 Å². The first-order valence-corrected chi connectivity index (χ1v) is 16.4. The number of aromatic nitrogens is 1. The third-order valence-corrected chi connectivity index (χ3v) is 9.31. The van der Waals surface area contributed by atoms with Crippen molar-refractivity contribution in [2.75, 3.05) is 27.3 Å². The number of amides is 1. The van der Waals surface area contributed by atoms with E-state index in [1.165, 1.54) is 23.5 Å². The van der Waals surface area contributed by atoms with Crippen molar-refractivity contribution >= 4 is 44.9 Å². The van der Waals surface area contributed by atoms with E-state index in [0.717, 1.165) is 10.0 Å². The largest absolute Gasteiger partial charge is 0.497 e. The Labute approximate surface area is 283 Å². The molecule has 0 aliphatic carbocycles. The number of thiazole rings is 1. The van der Waals surface area contributed by atoms with Crippen LogP contribution in [0.25, 0.3) is 6.08 Å². The summed E-state index contributed by atoms with van der Waals surface area (Å²) in [5.74, 6) is 1.35. The van der Waals surface area contributed by atoms with Crippen LogP contribution in [0.5, 0.6) is 17.2 Å². The van der Waals surface area contributed by atoms with Crippen molar-refractivity contribution in [3.05, 3.63) is 123 Å². The van der Waals surface area contributed by atoms with Crippen LogP contribution < -0.4 is 29.1 Å².